The minimum absolute atomic E-state index is 0.108. The van der Waals surface area contributed by atoms with Crippen LogP contribution in [0.3, 0.4) is 0 Å². The van der Waals surface area contributed by atoms with E-state index in [0.29, 0.717) is 4.47 Å². The Bertz CT molecular complexity index is 832. The fraction of sp³-hybridized carbons (Fsp3) is 0.188. The lowest BCUT2D eigenvalue weighted by Gasteiger charge is -2.12. The maximum Gasteiger partial charge on any atom is 0.387 e. The van der Waals surface area contributed by atoms with Gasteiger partial charge < -0.3 is 14.8 Å². The van der Waals surface area contributed by atoms with Gasteiger partial charge >= 0.3 is 6.61 Å². The van der Waals surface area contributed by atoms with Crippen molar-refractivity contribution in [3.63, 3.8) is 0 Å². The molecule has 0 aliphatic carbocycles. The number of carbonyl (C=O) groups is 1. The third-order valence-electron chi connectivity index (χ3n) is 3.32. The molecule has 0 aliphatic heterocycles. The van der Waals surface area contributed by atoms with Gasteiger partial charge in [0.15, 0.2) is 0 Å². The highest BCUT2D eigenvalue weighted by molar-refractivity contribution is 9.10. The van der Waals surface area contributed by atoms with Crippen molar-refractivity contribution in [2.45, 2.75) is 13.2 Å². The average Bonchev–Trinajstić information content (AvgIpc) is 2.60. The van der Waals surface area contributed by atoms with E-state index in [1.165, 1.54) is 37.4 Å². The Morgan fingerprint density at radius 1 is 1.31 bits per heavy atom. The van der Waals surface area contributed by atoms with Crippen molar-refractivity contribution in [2.75, 3.05) is 7.11 Å². The van der Waals surface area contributed by atoms with Crippen LogP contribution in [-0.2, 0) is 6.54 Å². The second-order valence-corrected chi connectivity index (χ2v) is 5.87. The van der Waals surface area contributed by atoms with Crippen LogP contribution in [0.25, 0.3) is 0 Å². The van der Waals surface area contributed by atoms with Gasteiger partial charge in [0.05, 0.1) is 12.0 Å². The molecular weight excluding hydrogens is 418 g/mol. The molecule has 0 aliphatic rings. The minimum Gasteiger partial charge on any atom is -0.497 e. The monoisotopic (exact) mass is 430 g/mol. The molecule has 0 saturated carbocycles. The van der Waals surface area contributed by atoms with E-state index in [4.69, 9.17) is 4.74 Å². The third-order valence-corrected chi connectivity index (χ3v) is 3.82. The van der Waals surface area contributed by atoms with Crippen molar-refractivity contribution >= 4 is 27.5 Å². The van der Waals surface area contributed by atoms with Gasteiger partial charge in [-0.3, -0.25) is 14.9 Å². The van der Waals surface area contributed by atoms with Crippen LogP contribution in [0, 0.1) is 10.1 Å². The van der Waals surface area contributed by atoms with Crippen molar-refractivity contribution in [3.05, 3.63) is 62.1 Å². The van der Waals surface area contributed by atoms with E-state index < -0.39 is 23.1 Å². The summed E-state index contributed by atoms with van der Waals surface area (Å²) in [5.74, 6) is -0.591. The molecule has 0 aromatic heterocycles. The van der Waals surface area contributed by atoms with Crippen LogP contribution in [0.15, 0.2) is 40.9 Å². The highest BCUT2D eigenvalue weighted by atomic mass is 79.9. The molecule has 10 heteroatoms. The van der Waals surface area contributed by atoms with Gasteiger partial charge in [0, 0.05) is 22.6 Å². The first-order valence-corrected chi connectivity index (χ1v) is 7.95. The molecule has 0 fully saturated rings. The quantitative estimate of drug-likeness (QED) is 0.531. The molecule has 7 nitrogen and oxygen atoms in total. The number of rotatable bonds is 7. The lowest BCUT2D eigenvalue weighted by Crippen LogP contribution is -2.24. The molecule has 0 unspecified atom stereocenters. The van der Waals surface area contributed by atoms with Crippen LogP contribution >= 0.6 is 15.9 Å². The summed E-state index contributed by atoms with van der Waals surface area (Å²) in [4.78, 5) is 22.8. The van der Waals surface area contributed by atoms with Crippen LogP contribution < -0.4 is 14.8 Å². The van der Waals surface area contributed by atoms with Gasteiger partial charge in [0.1, 0.15) is 17.1 Å². The van der Waals surface area contributed by atoms with Crippen LogP contribution in [-0.4, -0.2) is 24.6 Å². The molecule has 2 aromatic rings. The molecule has 1 N–H and O–H groups in total. The highest BCUT2D eigenvalue weighted by Crippen LogP contribution is 2.26. The maximum absolute atomic E-state index is 12.5. The van der Waals surface area contributed by atoms with E-state index >= 15 is 0 Å². The van der Waals surface area contributed by atoms with Gasteiger partial charge in [-0.25, -0.2) is 0 Å². The first kappa shape index (κ1) is 19.6. The Morgan fingerprint density at radius 3 is 2.65 bits per heavy atom. The Labute approximate surface area is 155 Å². The zero-order valence-electron chi connectivity index (χ0n) is 13.4. The number of hydrogen-bond donors (Lipinski definition) is 1. The van der Waals surface area contributed by atoms with E-state index in [1.807, 2.05) is 0 Å². The summed E-state index contributed by atoms with van der Waals surface area (Å²) in [5.41, 5.74) is -0.333. The number of benzene rings is 2. The summed E-state index contributed by atoms with van der Waals surface area (Å²) in [5, 5.41) is 13.6. The Morgan fingerprint density at radius 2 is 2.04 bits per heavy atom. The molecule has 0 spiro atoms. The van der Waals surface area contributed by atoms with E-state index in [1.54, 1.807) is 0 Å². The number of hydrogen-bond acceptors (Lipinski definition) is 5. The SMILES string of the molecule is COc1ccc([N+](=O)[O-])c(C(=O)NCc2cc(Br)ccc2OC(F)F)c1. The molecule has 26 heavy (non-hydrogen) atoms. The predicted octanol–water partition coefficient (Wildman–Crippen LogP) is 3.90. The lowest BCUT2D eigenvalue weighted by molar-refractivity contribution is -0.385. The van der Waals surface area contributed by atoms with Crippen molar-refractivity contribution in [1.29, 1.82) is 0 Å². The zero-order chi connectivity index (χ0) is 19.3. The Kier molecular flexibility index (Phi) is 6.45. The van der Waals surface area contributed by atoms with Gasteiger partial charge in [-0.1, -0.05) is 15.9 Å². The van der Waals surface area contributed by atoms with E-state index in [2.05, 4.69) is 26.0 Å². The summed E-state index contributed by atoms with van der Waals surface area (Å²) in [6, 6.07) is 8.07. The van der Waals surface area contributed by atoms with Crippen LogP contribution in [0.1, 0.15) is 15.9 Å². The van der Waals surface area contributed by atoms with Crippen molar-refractivity contribution in [3.8, 4) is 11.5 Å². The average molecular weight is 431 g/mol. The van der Waals surface area contributed by atoms with Gasteiger partial charge in [0.25, 0.3) is 11.6 Å². The van der Waals surface area contributed by atoms with Gasteiger partial charge in [0.2, 0.25) is 0 Å². The number of carbonyl (C=O) groups excluding carboxylic acids is 1. The molecule has 0 heterocycles. The second kappa shape index (κ2) is 8.56. The largest absolute Gasteiger partial charge is 0.497 e. The molecule has 2 aromatic carbocycles. The van der Waals surface area contributed by atoms with Crippen LogP contribution in [0.4, 0.5) is 14.5 Å². The predicted molar refractivity (Wildman–Crippen MR) is 91.6 cm³/mol. The lowest BCUT2D eigenvalue weighted by atomic mass is 10.1. The number of nitro benzene ring substituents is 1. The van der Waals surface area contributed by atoms with Crippen molar-refractivity contribution in [1.82, 2.24) is 5.32 Å². The summed E-state index contributed by atoms with van der Waals surface area (Å²) in [6.07, 6.45) is 0. The molecule has 138 valence electrons. The fourth-order valence-corrected chi connectivity index (χ4v) is 2.56. The highest BCUT2D eigenvalue weighted by Gasteiger charge is 2.21. The summed E-state index contributed by atoms with van der Waals surface area (Å²) in [7, 11) is 1.36. The van der Waals surface area contributed by atoms with Crippen molar-refractivity contribution in [2.24, 2.45) is 0 Å². The van der Waals surface area contributed by atoms with Crippen LogP contribution in [0.2, 0.25) is 0 Å². The van der Waals surface area contributed by atoms with Crippen molar-refractivity contribution < 1.29 is 28.0 Å². The molecule has 0 saturated heterocycles. The number of nitrogens with one attached hydrogen (secondary N) is 1. The number of alkyl halides is 2. The number of methoxy groups -OCH3 is 1. The van der Waals surface area contributed by atoms with Gasteiger partial charge in [-0.2, -0.15) is 8.78 Å². The summed E-state index contributed by atoms with van der Waals surface area (Å²) in [6.45, 7) is -3.19. The first-order valence-electron chi connectivity index (χ1n) is 7.15. The summed E-state index contributed by atoms with van der Waals surface area (Å²) < 4.78 is 34.9. The minimum atomic E-state index is -3.02. The molecule has 2 rings (SSSR count). The zero-order valence-corrected chi connectivity index (χ0v) is 15.0. The standard InChI is InChI=1S/C16H13BrF2N2O5/c1-25-11-3-4-13(21(23)24)12(7-11)15(22)20-8-9-6-10(17)2-5-14(9)26-16(18)19/h2-7,16H,8H2,1H3,(H,20,22). The molecule has 1 amide bonds. The molecule has 0 bridgehead atoms. The number of halogens is 3. The number of nitrogens with zero attached hydrogens (tertiary/aromatic N) is 1. The molecule has 0 atom stereocenters. The summed E-state index contributed by atoms with van der Waals surface area (Å²) >= 11 is 3.20. The van der Waals surface area contributed by atoms with Gasteiger partial charge in [-0.15, -0.1) is 0 Å². The first-order chi connectivity index (χ1) is 12.3. The third kappa shape index (κ3) is 4.88. The van der Waals surface area contributed by atoms with Crippen LogP contribution in [0.5, 0.6) is 11.5 Å². The molecular formula is C16H13BrF2N2O5. The maximum atomic E-state index is 12.5. The normalized spacial score (nSPS) is 10.5. The smallest absolute Gasteiger partial charge is 0.387 e. The Hall–Kier alpha value is -2.75. The van der Waals surface area contributed by atoms with Gasteiger partial charge in [-0.05, 0) is 30.3 Å². The number of amides is 1. The van der Waals surface area contributed by atoms with E-state index in [-0.39, 0.29) is 29.2 Å². The second-order valence-electron chi connectivity index (χ2n) is 4.95. The number of nitro groups is 1. The Balaban J connectivity index is 2.24. The number of ether oxygens (including phenoxy) is 2. The topological polar surface area (TPSA) is 90.7 Å². The van der Waals surface area contributed by atoms with E-state index in [9.17, 15) is 23.7 Å². The molecule has 0 radical (unpaired) electrons. The van der Waals surface area contributed by atoms with E-state index in [0.717, 1.165) is 6.07 Å². The fourth-order valence-electron chi connectivity index (χ4n) is 2.15.